The fourth-order valence-corrected chi connectivity index (χ4v) is 1.97. The summed E-state index contributed by atoms with van der Waals surface area (Å²) in [6.45, 7) is 4.68. The van der Waals surface area contributed by atoms with Gasteiger partial charge in [-0.05, 0) is 31.9 Å². The first-order valence-electron chi connectivity index (χ1n) is 5.41. The molecule has 1 saturated heterocycles. The number of pyridine rings is 1. The van der Waals surface area contributed by atoms with Gasteiger partial charge in [0.15, 0.2) is 0 Å². The molecule has 0 radical (unpaired) electrons. The summed E-state index contributed by atoms with van der Waals surface area (Å²) in [5.74, 6) is -0.0472. The summed E-state index contributed by atoms with van der Waals surface area (Å²) < 4.78 is 0. The monoisotopic (exact) mass is 220 g/mol. The Morgan fingerprint density at radius 3 is 2.88 bits per heavy atom. The highest BCUT2D eigenvalue weighted by atomic mass is 16.3. The molecule has 1 atom stereocenters. The minimum atomic E-state index is -0.743. The number of carbonyl (C=O) groups excluding carboxylic acids is 1. The van der Waals surface area contributed by atoms with Crippen molar-refractivity contribution in [3.63, 3.8) is 0 Å². The second kappa shape index (κ2) is 3.87. The molecule has 1 fully saturated rings. The fraction of sp³-hybridized carbons (Fsp3) is 0.500. The average molecular weight is 220 g/mol. The van der Waals surface area contributed by atoms with Gasteiger partial charge >= 0.3 is 0 Å². The summed E-state index contributed by atoms with van der Waals surface area (Å²) in [6.07, 6.45) is 3.93. The Kier molecular flexibility index (Phi) is 2.68. The SMILES string of the molecule is Cc1cncc(C(=O)N2CCC(C)(O)C2)c1. The van der Waals surface area contributed by atoms with Crippen LogP contribution in [-0.2, 0) is 0 Å². The summed E-state index contributed by atoms with van der Waals surface area (Å²) in [7, 11) is 0. The molecule has 0 saturated carbocycles. The van der Waals surface area contributed by atoms with Crippen LogP contribution in [0.5, 0.6) is 0 Å². The predicted octanol–water partition coefficient (Wildman–Crippen LogP) is 0.987. The van der Waals surface area contributed by atoms with Crippen LogP contribution in [0.4, 0.5) is 0 Å². The molecule has 16 heavy (non-hydrogen) atoms. The lowest BCUT2D eigenvalue weighted by Crippen LogP contribution is -2.33. The van der Waals surface area contributed by atoms with Gasteiger partial charge in [0, 0.05) is 25.5 Å². The molecule has 4 nitrogen and oxygen atoms in total. The first kappa shape index (κ1) is 11.1. The van der Waals surface area contributed by atoms with E-state index >= 15 is 0 Å². The van der Waals surface area contributed by atoms with Gasteiger partial charge in [-0.25, -0.2) is 0 Å². The van der Waals surface area contributed by atoms with E-state index in [1.165, 1.54) is 0 Å². The van der Waals surface area contributed by atoms with E-state index < -0.39 is 5.60 Å². The fourth-order valence-electron chi connectivity index (χ4n) is 1.97. The zero-order valence-corrected chi connectivity index (χ0v) is 9.60. The number of likely N-dealkylation sites (tertiary alicyclic amines) is 1. The van der Waals surface area contributed by atoms with Crippen LogP contribution in [-0.4, -0.2) is 39.6 Å². The normalized spacial score (nSPS) is 24.8. The van der Waals surface area contributed by atoms with Crippen molar-refractivity contribution >= 4 is 5.91 Å². The lowest BCUT2D eigenvalue weighted by molar-refractivity contribution is 0.0572. The minimum Gasteiger partial charge on any atom is -0.388 e. The molecule has 1 aliphatic heterocycles. The minimum absolute atomic E-state index is 0.0472. The molecule has 1 aromatic heterocycles. The molecule has 0 aliphatic carbocycles. The van der Waals surface area contributed by atoms with Gasteiger partial charge < -0.3 is 10.0 Å². The maximum absolute atomic E-state index is 12.1. The molecule has 1 amide bonds. The van der Waals surface area contributed by atoms with Crippen LogP contribution in [0.2, 0.25) is 0 Å². The van der Waals surface area contributed by atoms with Crippen molar-refractivity contribution in [2.75, 3.05) is 13.1 Å². The van der Waals surface area contributed by atoms with E-state index in [0.717, 1.165) is 5.56 Å². The third kappa shape index (κ3) is 2.22. The second-order valence-corrected chi connectivity index (χ2v) is 4.72. The summed E-state index contributed by atoms with van der Waals surface area (Å²) in [5.41, 5.74) is 0.821. The molecular formula is C12H16N2O2. The molecule has 4 heteroatoms. The van der Waals surface area contributed by atoms with E-state index in [0.29, 0.717) is 25.1 Å². The van der Waals surface area contributed by atoms with Crippen molar-refractivity contribution in [2.45, 2.75) is 25.9 Å². The maximum Gasteiger partial charge on any atom is 0.255 e. The molecule has 86 valence electrons. The summed E-state index contributed by atoms with van der Waals surface area (Å²) in [4.78, 5) is 17.7. The number of hydrogen-bond acceptors (Lipinski definition) is 3. The van der Waals surface area contributed by atoms with Gasteiger partial charge in [0.05, 0.1) is 11.2 Å². The number of rotatable bonds is 1. The van der Waals surface area contributed by atoms with Gasteiger partial charge in [-0.2, -0.15) is 0 Å². The smallest absolute Gasteiger partial charge is 0.255 e. The van der Waals surface area contributed by atoms with Crippen molar-refractivity contribution in [1.82, 2.24) is 9.88 Å². The lowest BCUT2D eigenvalue weighted by Gasteiger charge is -2.18. The Morgan fingerprint density at radius 2 is 2.31 bits per heavy atom. The molecule has 1 aromatic rings. The van der Waals surface area contributed by atoms with Crippen LogP contribution >= 0.6 is 0 Å². The highest BCUT2D eigenvalue weighted by Crippen LogP contribution is 2.21. The zero-order valence-electron chi connectivity index (χ0n) is 9.60. The Balaban J connectivity index is 2.15. The Labute approximate surface area is 94.9 Å². The molecule has 1 aliphatic rings. The maximum atomic E-state index is 12.1. The number of aromatic nitrogens is 1. The Bertz CT molecular complexity index is 415. The van der Waals surface area contributed by atoms with Gasteiger partial charge in [0.1, 0.15) is 0 Å². The van der Waals surface area contributed by atoms with Crippen molar-refractivity contribution in [1.29, 1.82) is 0 Å². The summed E-state index contributed by atoms with van der Waals surface area (Å²) >= 11 is 0. The first-order chi connectivity index (χ1) is 7.48. The molecule has 1 N–H and O–H groups in total. The highest BCUT2D eigenvalue weighted by Gasteiger charge is 2.34. The van der Waals surface area contributed by atoms with Crippen LogP contribution < -0.4 is 0 Å². The van der Waals surface area contributed by atoms with E-state index in [9.17, 15) is 9.90 Å². The van der Waals surface area contributed by atoms with Gasteiger partial charge in [-0.3, -0.25) is 9.78 Å². The molecule has 1 unspecified atom stereocenters. The van der Waals surface area contributed by atoms with Crippen LogP contribution in [0, 0.1) is 6.92 Å². The van der Waals surface area contributed by atoms with Gasteiger partial charge in [0.25, 0.3) is 5.91 Å². The molecule has 0 bridgehead atoms. The van der Waals surface area contributed by atoms with E-state index in [1.807, 2.05) is 13.0 Å². The Morgan fingerprint density at radius 1 is 1.56 bits per heavy atom. The van der Waals surface area contributed by atoms with E-state index in [1.54, 1.807) is 24.2 Å². The third-order valence-electron chi connectivity index (χ3n) is 2.86. The highest BCUT2D eigenvalue weighted by molar-refractivity contribution is 5.94. The topological polar surface area (TPSA) is 53.4 Å². The first-order valence-corrected chi connectivity index (χ1v) is 5.41. The molecular weight excluding hydrogens is 204 g/mol. The summed E-state index contributed by atoms with van der Waals surface area (Å²) in [5, 5.41) is 9.81. The average Bonchev–Trinajstić information content (AvgIpc) is 2.58. The standard InChI is InChI=1S/C12H16N2O2/c1-9-5-10(7-13-6-9)11(15)14-4-3-12(2,16)8-14/h5-7,16H,3-4,8H2,1-2H3. The molecule has 2 rings (SSSR count). The van der Waals surface area contributed by atoms with Crippen LogP contribution in [0.25, 0.3) is 0 Å². The van der Waals surface area contributed by atoms with E-state index in [2.05, 4.69) is 4.98 Å². The number of carbonyl (C=O) groups is 1. The van der Waals surface area contributed by atoms with Crippen molar-refractivity contribution in [2.24, 2.45) is 0 Å². The number of aliphatic hydroxyl groups is 1. The van der Waals surface area contributed by atoms with Gasteiger partial charge in [-0.1, -0.05) is 0 Å². The van der Waals surface area contributed by atoms with Crippen LogP contribution in [0.3, 0.4) is 0 Å². The second-order valence-electron chi connectivity index (χ2n) is 4.72. The largest absolute Gasteiger partial charge is 0.388 e. The van der Waals surface area contributed by atoms with Crippen LogP contribution in [0.1, 0.15) is 29.3 Å². The van der Waals surface area contributed by atoms with Crippen molar-refractivity contribution in [3.8, 4) is 0 Å². The van der Waals surface area contributed by atoms with Gasteiger partial charge in [-0.15, -0.1) is 0 Å². The summed E-state index contributed by atoms with van der Waals surface area (Å²) in [6, 6.07) is 1.82. The van der Waals surface area contributed by atoms with Crippen molar-refractivity contribution in [3.05, 3.63) is 29.6 Å². The molecule has 2 heterocycles. The van der Waals surface area contributed by atoms with E-state index in [-0.39, 0.29) is 5.91 Å². The lowest BCUT2D eigenvalue weighted by atomic mass is 10.1. The molecule has 0 aromatic carbocycles. The third-order valence-corrected chi connectivity index (χ3v) is 2.86. The molecule has 0 spiro atoms. The quantitative estimate of drug-likeness (QED) is 0.767. The predicted molar refractivity (Wildman–Crippen MR) is 60.1 cm³/mol. The van der Waals surface area contributed by atoms with Crippen LogP contribution in [0.15, 0.2) is 18.5 Å². The van der Waals surface area contributed by atoms with Crippen molar-refractivity contribution < 1.29 is 9.90 Å². The zero-order chi connectivity index (χ0) is 11.8. The number of hydrogen-bond donors (Lipinski definition) is 1. The number of aryl methyl sites for hydroxylation is 1. The number of β-amino-alcohol motifs (C(OH)–C–C–N with tert-alkyl or cyclic N) is 1. The Hall–Kier alpha value is -1.42. The van der Waals surface area contributed by atoms with Gasteiger partial charge in [0.2, 0.25) is 0 Å². The van der Waals surface area contributed by atoms with E-state index in [4.69, 9.17) is 0 Å². The number of nitrogens with zero attached hydrogens (tertiary/aromatic N) is 2. The number of amides is 1.